The molecule has 1 aliphatic heterocycles. The van der Waals surface area contributed by atoms with Crippen molar-refractivity contribution in [1.29, 1.82) is 0 Å². The predicted octanol–water partition coefficient (Wildman–Crippen LogP) is 1.04. The van der Waals surface area contributed by atoms with Gasteiger partial charge in [0, 0.05) is 25.0 Å². The number of hydrogen-bond acceptors (Lipinski definition) is 3. The van der Waals surface area contributed by atoms with Crippen LogP contribution in [0.5, 0.6) is 0 Å². The lowest BCUT2D eigenvalue weighted by molar-refractivity contribution is -0.132. The van der Waals surface area contributed by atoms with Crippen molar-refractivity contribution in [2.75, 3.05) is 19.6 Å². The van der Waals surface area contributed by atoms with E-state index in [0.717, 1.165) is 19.5 Å². The fourth-order valence-corrected chi connectivity index (χ4v) is 2.61. The van der Waals surface area contributed by atoms with Crippen LogP contribution in [-0.2, 0) is 9.59 Å². The number of rotatable bonds is 5. The van der Waals surface area contributed by atoms with Crippen LogP contribution in [0.25, 0.3) is 0 Å². The van der Waals surface area contributed by atoms with Gasteiger partial charge < -0.3 is 16.0 Å². The van der Waals surface area contributed by atoms with Crippen LogP contribution < -0.4 is 16.0 Å². The Morgan fingerprint density at radius 1 is 1.30 bits per heavy atom. The highest BCUT2D eigenvalue weighted by atomic mass is 16.2. The Balaban J connectivity index is 2.41. The summed E-state index contributed by atoms with van der Waals surface area (Å²) in [4.78, 5) is 24.1. The van der Waals surface area contributed by atoms with E-state index in [1.54, 1.807) is 0 Å². The van der Waals surface area contributed by atoms with Gasteiger partial charge in [0.15, 0.2) is 0 Å². The van der Waals surface area contributed by atoms with Crippen molar-refractivity contribution < 1.29 is 9.59 Å². The van der Waals surface area contributed by atoms with E-state index in [4.69, 9.17) is 0 Å². The molecule has 1 unspecified atom stereocenters. The fourth-order valence-electron chi connectivity index (χ4n) is 2.61. The van der Waals surface area contributed by atoms with Gasteiger partial charge in [-0.2, -0.15) is 0 Å². The molecule has 3 N–H and O–H groups in total. The number of carbonyl (C=O) groups excluding carboxylic acids is 2. The molecular weight excluding hydrogens is 254 g/mol. The highest BCUT2D eigenvalue weighted by Gasteiger charge is 2.43. The molecule has 0 aromatic carbocycles. The molecule has 0 saturated carbocycles. The predicted molar refractivity (Wildman–Crippen MR) is 80.3 cm³/mol. The summed E-state index contributed by atoms with van der Waals surface area (Å²) in [5.41, 5.74) is -0.546. The average molecular weight is 283 g/mol. The van der Waals surface area contributed by atoms with Gasteiger partial charge in [-0.25, -0.2) is 0 Å². The summed E-state index contributed by atoms with van der Waals surface area (Å²) >= 11 is 0. The molecule has 116 valence electrons. The average Bonchev–Trinajstić information content (AvgIpc) is 2.76. The van der Waals surface area contributed by atoms with E-state index in [9.17, 15) is 9.59 Å². The van der Waals surface area contributed by atoms with Crippen LogP contribution in [0.4, 0.5) is 0 Å². The van der Waals surface area contributed by atoms with E-state index in [1.807, 2.05) is 20.8 Å². The molecule has 1 aliphatic rings. The van der Waals surface area contributed by atoms with Gasteiger partial charge in [0.1, 0.15) is 0 Å². The molecule has 20 heavy (non-hydrogen) atoms. The minimum atomic E-state index is -0.319. The van der Waals surface area contributed by atoms with Gasteiger partial charge >= 0.3 is 0 Å². The van der Waals surface area contributed by atoms with Crippen molar-refractivity contribution in [3.8, 4) is 0 Å². The van der Waals surface area contributed by atoms with Crippen molar-refractivity contribution in [2.24, 2.45) is 11.3 Å². The first-order valence-electron chi connectivity index (χ1n) is 7.47. The Morgan fingerprint density at radius 2 is 1.95 bits per heavy atom. The van der Waals surface area contributed by atoms with Crippen LogP contribution in [0.3, 0.4) is 0 Å². The van der Waals surface area contributed by atoms with Gasteiger partial charge in [0.05, 0.1) is 5.41 Å². The summed E-state index contributed by atoms with van der Waals surface area (Å²) < 4.78 is 0. The number of amides is 2. The molecule has 1 heterocycles. The standard InChI is InChI=1S/C15H29N3O2/c1-11(2)15(7-9-16-10-15)13(20)17-8-6-12(19)18-14(3,4)5/h11,16H,6-10H2,1-5H3,(H,17,20)(H,18,19). The van der Waals surface area contributed by atoms with Crippen molar-refractivity contribution in [3.05, 3.63) is 0 Å². The maximum Gasteiger partial charge on any atom is 0.227 e. The molecular formula is C15H29N3O2. The zero-order valence-corrected chi connectivity index (χ0v) is 13.4. The Bertz CT molecular complexity index is 353. The zero-order chi connectivity index (χ0) is 15.4. The molecule has 0 aromatic rings. The first-order valence-corrected chi connectivity index (χ1v) is 7.47. The SMILES string of the molecule is CC(C)C1(C(=O)NCCC(=O)NC(C)(C)C)CCNC1. The van der Waals surface area contributed by atoms with E-state index >= 15 is 0 Å². The Kier molecular flexibility index (Phi) is 5.57. The first-order chi connectivity index (χ1) is 9.17. The second-order valence-electron chi connectivity index (χ2n) is 7.04. The Morgan fingerprint density at radius 3 is 2.40 bits per heavy atom. The van der Waals surface area contributed by atoms with Gasteiger partial charge in [0.25, 0.3) is 0 Å². The van der Waals surface area contributed by atoms with Crippen LogP contribution in [0.15, 0.2) is 0 Å². The van der Waals surface area contributed by atoms with Crippen molar-refractivity contribution in [1.82, 2.24) is 16.0 Å². The van der Waals surface area contributed by atoms with Crippen molar-refractivity contribution >= 4 is 11.8 Å². The number of hydrogen-bond donors (Lipinski definition) is 3. The van der Waals surface area contributed by atoms with Crippen molar-refractivity contribution in [3.63, 3.8) is 0 Å². The maximum absolute atomic E-state index is 12.4. The highest BCUT2D eigenvalue weighted by molar-refractivity contribution is 5.84. The lowest BCUT2D eigenvalue weighted by atomic mass is 9.75. The van der Waals surface area contributed by atoms with E-state index in [-0.39, 0.29) is 22.8 Å². The topological polar surface area (TPSA) is 70.2 Å². The fraction of sp³-hybridized carbons (Fsp3) is 0.867. The molecule has 1 saturated heterocycles. The Hall–Kier alpha value is -1.10. The highest BCUT2D eigenvalue weighted by Crippen LogP contribution is 2.34. The molecule has 1 rings (SSSR count). The lowest BCUT2D eigenvalue weighted by Crippen LogP contribution is -2.47. The molecule has 2 amide bonds. The van der Waals surface area contributed by atoms with Gasteiger partial charge in [-0.3, -0.25) is 9.59 Å². The maximum atomic E-state index is 12.4. The normalized spacial score (nSPS) is 22.9. The summed E-state index contributed by atoms with van der Waals surface area (Å²) in [5.74, 6) is 0.336. The monoisotopic (exact) mass is 283 g/mol. The summed E-state index contributed by atoms with van der Waals surface area (Å²) in [6.45, 7) is 12.0. The largest absolute Gasteiger partial charge is 0.355 e. The molecule has 1 fully saturated rings. The van der Waals surface area contributed by atoms with E-state index in [2.05, 4.69) is 29.8 Å². The third kappa shape index (κ3) is 4.47. The summed E-state index contributed by atoms with van der Waals surface area (Å²) in [7, 11) is 0. The number of carbonyl (C=O) groups is 2. The van der Waals surface area contributed by atoms with Crippen LogP contribution in [-0.4, -0.2) is 37.0 Å². The second-order valence-corrected chi connectivity index (χ2v) is 7.04. The van der Waals surface area contributed by atoms with Gasteiger partial charge in [0.2, 0.25) is 11.8 Å². The van der Waals surface area contributed by atoms with Crippen LogP contribution in [0, 0.1) is 11.3 Å². The van der Waals surface area contributed by atoms with Gasteiger partial charge in [-0.15, -0.1) is 0 Å². The zero-order valence-electron chi connectivity index (χ0n) is 13.4. The molecule has 5 heteroatoms. The van der Waals surface area contributed by atoms with Gasteiger partial charge in [-0.1, -0.05) is 13.8 Å². The molecule has 5 nitrogen and oxygen atoms in total. The van der Waals surface area contributed by atoms with Crippen LogP contribution in [0.2, 0.25) is 0 Å². The minimum Gasteiger partial charge on any atom is -0.355 e. The van der Waals surface area contributed by atoms with E-state index in [1.165, 1.54) is 0 Å². The van der Waals surface area contributed by atoms with Gasteiger partial charge in [-0.05, 0) is 39.7 Å². The summed E-state index contributed by atoms with van der Waals surface area (Å²) in [6.07, 6.45) is 1.19. The molecule has 1 atom stereocenters. The summed E-state index contributed by atoms with van der Waals surface area (Å²) in [6, 6.07) is 0. The van der Waals surface area contributed by atoms with Crippen LogP contribution in [0.1, 0.15) is 47.5 Å². The molecule has 0 bridgehead atoms. The first kappa shape index (κ1) is 17.0. The third-order valence-electron chi connectivity index (χ3n) is 3.90. The smallest absolute Gasteiger partial charge is 0.227 e. The third-order valence-corrected chi connectivity index (χ3v) is 3.90. The second kappa shape index (κ2) is 6.57. The van der Waals surface area contributed by atoms with E-state index < -0.39 is 0 Å². The lowest BCUT2D eigenvalue weighted by Gasteiger charge is -2.31. The molecule has 0 spiro atoms. The minimum absolute atomic E-state index is 0.0269. The molecule has 0 radical (unpaired) electrons. The summed E-state index contributed by atoms with van der Waals surface area (Å²) in [5, 5.41) is 9.08. The Labute approximate surface area is 122 Å². The van der Waals surface area contributed by atoms with E-state index in [0.29, 0.717) is 18.9 Å². The molecule has 0 aromatic heterocycles. The number of nitrogens with one attached hydrogen (secondary N) is 3. The van der Waals surface area contributed by atoms with Crippen molar-refractivity contribution in [2.45, 2.75) is 53.0 Å². The quantitative estimate of drug-likeness (QED) is 0.706. The molecule has 0 aliphatic carbocycles. The van der Waals surface area contributed by atoms with Crippen LogP contribution >= 0.6 is 0 Å².